The van der Waals surface area contributed by atoms with Gasteiger partial charge in [0, 0.05) is 49.6 Å². The van der Waals surface area contributed by atoms with E-state index in [-0.39, 0.29) is 11.9 Å². The molecule has 2 heterocycles. The maximum Gasteiger partial charge on any atom is 0.322 e. The predicted octanol–water partition coefficient (Wildman–Crippen LogP) is 4.18. The molecule has 0 saturated carbocycles. The highest BCUT2D eigenvalue weighted by atomic mass is 16.2. The van der Waals surface area contributed by atoms with Gasteiger partial charge >= 0.3 is 6.03 Å². The molecule has 0 fully saturated rings. The van der Waals surface area contributed by atoms with Gasteiger partial charge in [0.25, 0.3) is 0 Å². The van der Waals surface area contributed by atoms with Gasteiger partial charge in [0.1, 0.15) is 0 Å². The molecule has 1 aliphatic heterocycles. The Kier molecular flexibility index (Phi) is 5.99. The van der Waals surface area contributed by atoms with Gasteiger partial charge in [-0.3, -0.25) is 9.48 Å². The van der Waals surface area contributed by atoms with Crippen molar-refractivity contribution in [3.63, 3.8) is 0 Å². The number of hydrogen-bond acceptors (Lipinski definition) is 3. The molecule has 3 amide bonds. The van der Waals surface area contributed by atoms with Crippen LogP contribution in [0, 0.1) is 13.8 Å². The molecule has 0 bridgehead atoms. The maximum atomic E-state index is 13.0. The number of fused-ring (bicyclic) bond motifs is 1. The highest BCUT2D eigenvalue weighted by Crippen LogP contribution is 2.26. The van der Waals surface area contributed by atoms with E-state index in [1.165, 1.54) is 5.56 Å². The number of aromatic nitrogens is 2. The summed E-state index contributed by atoms with van der Waals surface area (Å²) in [5.74, 6) is -0.0456. The van der Waals surface area contributed by atoms with E-state index in [1.807, 2.05) is 72.1 Å². The van der Waals surface area contributed by atoms with Crippen LogP contribution in [-0.4, -0.2) is 33.2 Å². The zero-order chi connectivity index (χ0) is 22.8. The number of carbonyl (C=O) groups excluding carboxylic acids is 2. The summed E-state index contributed by atoms with van der Waals surface area (Å²) in [5.41, 5.74) is 6.93. The Morgan fingerprint density at radius 1 is 1.09 bits per heavy atom. The molecule has 32 heavy (non-hydrogen) atoms. The lowest BCUT2D eigenvalue weighted by atomic mass is 10.0. The molecule has 1 aliphatic rings. The summed E-state index contributed by atoms with van der Waals surface area (Å²) in [7, 11) is 1.92. The van der Waals surface area contributed by atoms with Gasteiger partial charge in [0.15, 0.2) is 0 Å². The van der Waals surface area contributed by atoms with Gasteiger partial charge in [-0.2, -0.15) is 5.10 Å². The van der Waals surface area contributed by atoms with Crippen LogP contribution in [0.15, 0.2) is 48.5 Å². The van der Waals surface area contributed by atoms with E-state index in [4.69, 9.17) is 5.10 Å². The highest BCUT2D eigenvalue weighted by Gasteiger charge is 2.28. The van der Waals surface area contributed by atoms with Crippen molar-refractivity contribution in [2.75, 3.05) is 16.8 Å². The summed E-state index contributed by atoms with van der Waals surface area (Å²) in [6, 6.07) is 15.4. The second-order valence-electron chi connectivity index (χ2n) is 8.34. The van der Waals surface area contributed by atoms with Crippen molar-refractivity contribution in [2.24, 2.45) is 7.05 Å². The molecule has 1 N–H and O–H groups in total. The van der Waals surface area contributed by atoms with Crippen LogP contribution in [0.25, 0.3) is 0 Å². The first-order valence-electron chi connectivity index (χ1n) is 10.8. The summed E-state index contributed by atoms with van der Waals surface area (Å²) in [4.78, 5) is 28.9. The average Bonchev–Trinajstić information content (AvgIpc) is 3.09. The van der Waals surface area contributed by atoms with Gasteiger partial charge in [-0.25, -0.2) is 4.79 Å². The van der Waals surface area contributed by atoms with E-state index < -0.39 is 0 Å². The molecule has 0 spiro atoms. The van der Waals surface area contributed by atoms with Crippen LogP contribution in [0.2, 0.25) is 0 Å². The van der Waals surface area contributed by atoms with Gasteiger partial charge < -0.3 is 15.1 Å². The number of benzene rings is 2. The smallest absolute Gasteiger partial charge is 0.320 e. The van der Waals surface area contributed by atoms with Crippen molar-refractivity contribution in [1.29, 1.82) is 0 Å². The Morgan fingerprint density at radius 3 is 2.53 bits per heavy atom. The monoisotopic (exact) mass is 431 g/mol. The van der Waals surface area contributed by atoms with Crippen molar-refractivity contribution < 1.29 is 9.59 Å². The number of rotatable bonds is 4. The minimum absolute atomic E-state index is 0.0456. The summed E-state index contributed by atoms with van der Waals surface area (Å²) >= 11 is 0. The number of carbonyl (C=O) groups is 2. The summed E-state index contributed by atoms with van der Waals surface area (Å²) in [6.07, 6.45) is 0.727. The Balaban J connectivity index is 1.54. The molecule has 0 unspecified atom stereocenters. The lowest BCUT2D eigenvalue weighted by Gasteiger charge is -2.28. The fourth-order valence-corrected chi connectivity index (χ4v) is 4.13. The van der Waals surface area contributed by atoms with Crippen LogP contribution >= 0.6 is 0 Å². The Labute approximate surface area is 188 Å². The van der Waals surface area contributed by atoms with Crippen LogP contribution in [0.4, 0.5) is 16.2 Å². The summed E-state index contributed by atoms with van der Waals surface area (Å²) < 4.78 is 1.88. The van der Waals surface area contributed by atoms with Gasteiger partial charge in [-0.15, -0.1) is 0 Å². The molecule has 7 nitrogen and oxygen atoms in total. The van der Waals surface area contributed by atoms with Gasteiger partial charge in [0.2, 0.25) is 5.91 Å². The van der Waals surface area contributed by atoms with Crippen molar-refractivity contribution in [1.82, 2.24) is 14.7 Å². The van der Waals surface area contributed by atoms with E-state index in [2.05, 4.69) is 12.2 Å². The molecule has 2 aromatic carbocycles. The Bertz CT molecular complexity index is 1150. The molecule has 3 aromatic rings. The highest BCUT2D eigenvalue weighted by molar-refractivity contribution is 5.91. The third kappa shape index (κ3) is 4.37. The van der Waals surface area contributed by atoms with Crippen LogP contribution in [0.1, 0.15) is 35.0 Å². The van der Waals surface area contributed by atoms with Gasteiger partial charge in [-0.05, 0) is 49.2 Å². The molecular formula is C25H29N5O2. The molecule has 1 aromatic heterocycles. The zero-order valence-corrected chi connectivity index (χ0v) is 19.1. The number of para-hydroxylation sites is 1. The third-order valence-electron chi connectivity index (χ3n) is 6.13. The number of nitrogens with zero attached hydrogens (tertiary/aromatic N) is 4. The van der Waals surface area contributed by atoms with E-state index in [1.54, 1.807) is 11.8 Å². The lowest BCUT2D eigenvalue weighted by molar-refractivity contribution is -0.116. The van der Waals surface area contributed by atoms with Crippen LogP contribution in [0.5, 0.6) is 0 Å². The first-order chi connectivity index (χ1) is 15.3. The number of amides is 3. The second kappa shape index (κ2) is 8.86. The number of nitrogens with one attached hydrogen (secondary N) is 1. The van der Waals surface area contributed by atoms with Crippen LogP contribution in [0.3, 0.4) is 0 Å². The SMILES string of the molecule is CC(=O)N(Cc1nn(C)c2c1CN(C(=O)Nc1ccc(C)c(C)c1)CC2)c1ccccc1. The van der Waals surface area contributed by atoms with Crippen molar-refractivity contribution in [3.05, 3.63) is 76.6 Å². The standard InChI is InChI=1S/C25H29N5O2/c1-17-10-11-20(14-18(17)2)26-25(32)29-13-12-24-22(15-29)23(27-28(24)4)16-30(19(3)31)21-8-6-5-7-9-21/h5-11,14H,12-13,15-16H2,1-4H3,(H,26,32). The minimum atomic E-state index is -0.125. The molecule has 166 valence electrons. The third-order valence-corrected chi connectivity index (χ3v) is 6.13. The first kappa shape index (κ1) is 21.6. The molecule has 0 saturated heterocycles. The van der Waals surface area contributed by atoms with Gasteiger partial charge in [-0.1, -0.05) is 24.3 Å². The molecule has 0 atom stereocenters. The number of anilines is 2. The molecule has 0 radical (unpaired) electrons. The molecular weight excluding hydrogens is 402 g/mol. The zero-order valence-electron chi connectivity index (χ0n) is 19.1. The van der Waals surface area contributed by atoms with E-state index in [9.17, 15) is 9.59 Å². The maximum absolute atomic E-state index is 13.0. The molecule has 4 rings (SSSR count). The second-order valence-corrected chi connectivity index (χ2v) is 8.34. The largest absolute Gasteiger partial charge is 0.322 e. The molecule has 0 aliphatic carbocycles. The Hall–Kier alpha value is -3.61. The lowest BCUT2D eigenvalue weighted by Crippen LogP contribution is -2.39. The predicted molar refractivity (Wildman–Crippen MR) is 126 cm³/mol. The number of urea groups is 1. The number of aryl methyl sites for hydroxylation is 3. The van der Waals surface area contributed by atoms with E-state index >= 15 is 0 Å². The number of hydrogen-bond donors (Lipinski definition) is 1. The minimum Gasteiger partial charge on any atom is -0.320 e. The topological polar surface area (TPSA) is 70.5 Å². The fourth-order valence-electron chi connectivity index (χ4n) is 4.13. The normalized spacial score (nSPS) is 12.9. The quantitative estimate of drug-likeness (QED) is 0.674. The Morgan fingerprint density at radius 2 is 1.84 bits per heavy atom. The van der Waals surface area contributed by atoms with E-state index in [0.717, 1.165) is 40.3 Å². The van der Waals surface area contributed by atoms with Crippen molar-refractivity contribution >= 4 is 23.3 Å². The first-order valence-corrected chi connectivity index (χ1v) is 10.8. The van der Waals surface area contributed by atoms with E-state index in [0.29, 0.717) is 19.6 Å². The molecule has 7 heteroatoms. The van der Waals surface area contributed by atoms with Crippen LogP contribution < -0.4 is 10.2 Å². The van der Waals surface area contributed by atoms with Crippen molar-refractivity contribution in [2.45, 2.75) is 40.3 Å². The summed E-state index contributed by atoms with van der Waals surface area (Å²) in [5, 5.41) is 7.72. The van der Waals surface area contributed by atoms with Crippen molar-refractivity contribution in [3.8, 4) is 0 Å². The van der Waals surface area contributed by atoms with Gasteiger partial charge in [0.05, 0.1) is 18.8 Å². The van der Waals surface area contributed by atoms with Crippen LogP contribution in [-0.2, 0) is 31.4 Å². The average molecular weight is 432 g/mol. The summed E-state index contributed by atoms with van der Waals surface area (Å²) in [6.45, 7) is 7.11. The fraction of sp³-hybridized carbons (Fsp3) is 0.320.